The van der Waals surface area contributed by atoms with Gasteiger partial charge in [-0.25, -0.2) is 0 Å². The third kappa shape index (κ3) is 4.65. The Bertz CT molecular complexity index is 595. The second-order valence-corrected chi connectivity index (χ2v) is 5.63. The van der Waals surface area contributed by atoms with Crippen molar-refractivity contribution < 1.29 is 9.32 Å². The van der Waals surface area contributed by atoms with E-state index in [1.54, 1.807) is 12.4 Å². The molecule has 6 heteroatoms. The van der Waals surface area contributed by atoms with Crippen LogP contribution in [0.3, 0.4) is 0 Å². The highest BCUT2D eigenvalue weighted by atomic mass is 16.5. The Hall–Kier alpha value is -2.24. The Morgan fingerprint density at radius 1 is 1.36 bits per heavy atom. The molecule has 0 saturated carbocycles. The summed E-state index contributed by atoms with van der Waals surface area (Å²) < 4.78 is 5.16. The highest BCUT2D eigenvalue weighted by Crippen LogP contribution is 2.12. The second kappa shape index (κ2) is 7.68. The smallest absolute Gasteiger partial charge is 0.226 e. The van der Waals surface area contributed by atoms with E-state index in [-0.39, 0.29) is 17.9 Å². The summed E-state index contributed by atoms with van der Waals surface area (Å²) in [6.45, 7) is 5.98. The molecule has 0 bridgehead atoms. The van der Waals surface area contributed by atoms with Crippen molar-refractivity contribution in [3.8, 4) is 0 Å². The van der Waals surface area contributed by atoms with E-state index in [2.05, 4.69) is 20.4 Å². The molecule has 0 spiro atoms. The van der Waals surface area contributed by atoms with E-state index >= 15 is 0 Å². The number of hydrogen-bond donors (Lipinski definition) is 1. The standard InChI is InChI=1S/C16H22N4O2/c1-11(2)16-19-15(22-20-16)8-4-7-14(21)18-12(3)13-6-5-9-17-10-13/h5-6,9-12H,4,7-8H2,1-3H3,(H,18,21)/t12-/m1/s1. The van der Waals surface area contributed by atoms with Gasteiger partial charge in [-0.05, 0) is 25.0 Å². The van der Waals surface area contributed by atoms with Crippen LogP contribution in [-0.2, 0) is 11.2 Å². The van der Waals surface area contributed by atoms with Gasteiger partial charge in [0.2, 0.25) is 11.8 Å². The summed E-state index contributed by atoms with van der Waals surface area (Å²) in [6, 6.07) is 3.76. The predicted octanol–water partition coefficient (Wildman–Crippen LogP) is 2.79. The fraction of sp³-hybridized carbons (Fsp3) is 0.500. The topological polar surface area (TPSA) is 80.9 Å². The van der Waals surface area contributed by atoms with E-state index in [0.717, 1.165) is 5.56 Å². The van der Waals surface area contributed by atoms with Crippen LogP contribution < -0.4 is 5.32 Å². The van der Waals surface area contributed by atoms with Gasteiger partial charge in [-0.2, -0.15) is 4.98 Å². The van der Waals surface area contributed by atoms with Crippen LogP contribution in [0, 0.1) is 0 Å². The molecule has 0 unspecified atom stereocenters. The lowest BCUT2D eigenvalue weighted by molar-refractivity contribution is -0.121. The lowest BCUT2D eigenvalue weighted by Crippen LogP contribution is -2.26. The molecule has 1 N–H and O–H groups in total. The van der Waals surface area contributed by atoms with Crippen LogP contribution >= 0.6 is 0 Å². The molecule has 0 radical (unpaired) electrons. The Balaban J connectivity index is 1.73. The average molecular weight is 302 g/mol. The first-order chi connectivity index (χ1) is 10.6. The molecule has 0 aliphatic heterocycles. The molecule has 2 aromatic heterocycles. The van der Waals surface area contributed by atoms with Crippen LogP contribution in [0.25, 0.3) is 0 Å². The Labute approximate surface area is 130 Å². The molecule has 1 atom stereocenters. The number of nitrogens with one attached hydrogen (secondary N) is 1. The first-order valence-corrected chi connectivity index (χ1v) is 7.58. The Morgan fingerprint density at radius 3 is 2.82 bits per heavy atom. The quantitative estimate of drug-likeness (QED) is 0.850. The van der Waals surface area contributed by atoms with Crippen LogP contribution in [0.5, 0.6) is 0 Å². The minimum absolute atomic E-state index is 0.0138. The number of amides is 1. The van der Waals surface area contributed by atoms with E-state index in [1.165, 1.54) is 0 Å². The summed E-state index contributed by atoms with van der Waals surface area (Å²) in [7, 11) is 0. The summed E-state index contributed by atoms with van der Waals surface area (Å²) in [6.07, 6.45) is 5.22. The lowest BCUT2D eigenvalue weighted by Gasteiger charge is -2.13. The zero-order valence-corrected chi connectivity index (χ0v) is 13.2. The maximum absolute atomic E-state index is 11.9. The molecule has 1 amide bonds. The molecule has 0 aromatic carbocycles. The van der Waals surface area contributed by atoms with Crippen LogP contribution in [0.2, 0.25) is 0 Å². The number of aromatic nitrogens is 3. The molecule has 118 valence electrons. The van der Waals surface area contributed by atoms with Crippen LogP contribution in [0.15, 0.2) is 29.0 Å². The minimum atomic E-state index is -0.0443. The summed E-state index contributed by atoms with van der Waals surface area (Å²) in [4.78, 5) is 20.3. The number of carbonyl (C=O) groups is 1. The van der Waals surface area contributed by atoms with Gasteiger partial charge in [0.1, 0.15) is 0 Å². The number of carbonyl (C=O) groups excluding carboxylic acids is 1. The van der Waals surface area contributed by atoms with E-state index in [9.17, 15) is 4.79 Å². The van der Waals surface area contributed by atoms with Crippen LogP contribution in [0.4, 0.5) is 0 Å². The van der Waals surface area contributed by atoms with Gasteiger partial charge in [0.05, 0.1) is 6.04 Å². The molecular weight excluding hydrogens is 280 g/mol. The number of pyridine rings is 1. The van der Waals surface area contributed by atoms with E-state index < -0.39 is 0 Å². The van der Waals surface area contributed by atoms with Crippen molar-refractivity contribution >= 4 is 5.91 Å². The fourth-order valence-electron chi connectivity index (χ4n) is 2.03. The third-order valence-corrected chi connectivity index (χ3v) is 3.36. The van der Waals surface area contributed by atoms with Gasteiger partial charge in [-0.3, -0.25) is 9.78 Å². The molecule has 2 rings (SSSR count). The number of rotatable bonds is 7. The lowest BCUT2D eigenvalue weighted by atomic mass is 10.1. The Kier molecular flexibility index (Phi) is 5.63. The minimum Gasteiger partial charge on any atom is -0.350 e. The van der Waals surface area contributed by atoms with Gasteiger partial charge in [0, 0.05) is 31.2 Å². The second-order valence-electron chi connectivity index (χ2n) is 5.63. The predicted molar refractivity (Wildman–Crippen MR) is 82.1 cm³/mol. The number of hydrogen-bond acceptors (Lipinski definition) is 5. The molecule has 6 nitrogen and oxygen atoms in total. The summed E-state index contributed by atoms with van der Waals surface area (Å²) in [5.41, 5.74) is 0.995. The fourth-order valence-corrected chi connectivity index (χ4v) is 2.03. The zero-order chi connectivity index (χ0) is 15.9. The van der Waals surface area contributed by atoms with E-state index in [0.29, 0.717) is 31.0 Å². The monoisotopic (exact) mass is 302 g/mol. The largest absolute Gasteiger partial charge is 0.350 e. The molecule has 0 aliphatic rings. The van der Waals surface area contributed by atoms with Gasteiger partial charge < -0.3 is 9.84 Å². The summed E-state index contributed by atoms with van der Waals surface area (Å²) >= 11 is 0. The highest BCUT2D eigenvalue weighted by molar-refractivity contribution is 5.76. The molecule has 0 aliphatic carbocycles. The third-order valence-electron chi connectivity index (χ3n) is 3.36. The summed E-state index contributed by atoms with van der Waals surface area (Å²) in [5.74, 6) is 1.57. The van der Waals surface area contributed by atoms with Crippen molar-refractivity contribution in [2.75, 3.05) is 0 Å². The number of nitrogens with zero attached hydrogens (tertiary/aromatic N) is 3. The highest BCUT2D eigenvalue weighted by Gasteiger charge is 2.12. The molecule has 2 aromatic rings. The molecule has 2 heterocycles. The molecule has 22 heavy (non-hydrogen) atoms. The molecule has 0 saturated heterocycles. The maximum Gasteiger partial charge on any atom is 0.226 e. The Morgan fingerprint density at radius 2 is 2.18 bits per heavy atom. The van der Waals surface area contributed by atoms with Gasteiger partial charge in [-0.15, -0.1) is 0 Å². The van der Waals surface area contributed by atoms with Crippen LogP contribution in [0.1, 0.15) is 62.9 Å². The normalized spacial score (nSPS) is 12.4. The van der Waals surface area contributed by atoms with E-state index in [1.807, 2.05) is 32.9 Å². The molecular formula is C16H22N4O2. The average Bonchev–Trinajstić information content (AvgIpc) is 2.97. The van der Waals surface area contributed by atoms with E-state index in [4.69, 9.17) is 4.52 Å². The zero-order valence-electron chi connectivity index (χ0n) is 13.2. The summed E-state index contributed by atoms with van der Waals surface area (Å²) in [5, 5.41) is 6.87. The molecule has 0 fully saturated rings. The van der Waals surface area contributed by atoms with Crippen molar-refractivity contribution in [3.05, 3.63) is 41.8 Å². The van der Waals surface area contributed by atoms with Crippen molar-refractivity contribution in [1.29, 1.82) is 0 Å². The first-order valence-electron chi connectivity index (χ1n) is 7.58. The number of aryl methyl sites for hydroxylation is 1. The van der Waals surface area contributed by atoms with Gasteiger partial charge >= 0.3 is 0 Å². The maximum atomic E-state index is 11.9. The van der Waals surface area contributed by atoms with Gasteiger partial charge in [0.15, 0.2) is 5.82 Å². The van der Waals surface area contributed by atoms with Crippen molar-refractivity contribution in [2.45, 2.75) is 52.0 Å². The van der Waals surface area contributed by atoms with Crippen molar-refractivity contribution in [3.63, 3.8) is 0 Å². The van der Waals surface area contributed by atoms with Crippen molar-refractivity contribution in [2.24, 2.45) is 0 Å². The first kappa shape index (κ1) is 16.1. The van der Waals surface area contributed by atoms with Gasteiger partial charge in [0.25, 0.3) is 0 Å². The SMILES string of the molecule is CC(C)c1noc(CCCC(=O)N[C@H](C)c2cccnc2)n1. The van der Waals surface area contributed by atoms with Crippen LogP contribution in [-0.4, -0.2) is 21.0 Å². The van der Waals surface area contributed by atoms with Crippen molar-refractivity contribution in [1.82, 2.24) is 20.4 Å². The van der Waals surface area contributed by atoms with Gasteiger partial charge in [-0.1, -0.05) is 25.1 Å².